The monoisotopic (exact) mass is 583 g/mol. The van der Waals surface area contributed by atoms with Crippen molar-refractivity contribution in [3.63, 3.8) is 0 Å². The number of amides is 2. The lowest BCUT2D eigenvalue weighted by molar-refractivity contribution is -0.179. The molecule has 0 aliphatic carbocycles. The van der Waals surface area contributed by atoms with Crippen LogP contribution in [0.3, 0.4) is 0 Å². The zero-order valence-corrected chi connectivity index (χ0v) is 25.3. The van der Waals surface area contributed by atoms with Gasteiger partial charge in [0.25, 0.3) is 5.91 Å². The molecule has 0 bridgehead atoms. The SMILES string of the molecule is CC(C)CC1OC(=O)C(C)(C)CNC(=O)[C@@H](N2CCCC2)NC(=O)/C=C/C[C@@H]([C@H](C)[C@H]2O[C@@H]2c2ccccc2)OC1=O. The summed E-state index contributed by atoms with van der Waals surface area (Å²) in [6.07, 6.45) is 2.55. The van der Waals surface area contributed by atoms with E-state index in [0.29, 0.717) is 13.1 Å². The second-order valence-electron chi connectivity index (χ2n) is 12.7. The van der Waals surface area contributed by atoms with Crippen molar-refractivity contribution in [1.29, 1.82) is 0 Å². The molecule has 2 saturated heterocycles. The Balaban J connectivity index is 1.59. The third kappa shape index (κ3) is 8.19. The quantitative estimate of drug-likeness (QED) is 0.386. The van der Waals surface area contributed by atoms with Crippen LogP contribution in [0, 0.1) is 17.3 Å². The molecule has 0 spiro atoms. The number of epoxide rings is 1. The van der Waals surface area contributed by atoms with Crippen LogP contribution in [0.5, 0.6) is 0 Å². The van der Waals surface area contributed by atoms with Crippen molar-refractivity contribution < 1.29 is 33.4 Å². The highest BCUT2D eigenvalue weighted by Gasteiger charge is 2.48. The van der Waals surface area contributed by atoms with Gasteiger partial charge in [0.1, 0.15) is 12.2 Å². The van der Waals surface area contributed by atoms with E-state index in [9.17, 15) is 19.2 Å². The van der Waals surface area contributed by atoms with Crippen LogP contribution < -0.4 is 10.6 Å². The summed E-state index contributed by atoms with van der Waals surface area (Å²) < 4.78 is 17.8. The minimum atomic E-state index is -1.13. The highest BCUT2D eigenvalue weighted by molar-refractivity contribution is 5.93. The normalized spacial score (nSPS) is 31.0. The fourth-order valence-electron chi connectivity index (χ4n) is 5.44. The van der Waals surface area contributed by atoms with E-state index >= 15 is 0 Å². The Hall–Kier alpha value is -3.24. The van der Waals surface area contributed by atoms with Gasteiger partial charge in [-0.15, -0.1) is 0 Å². The molecule has 10 nitrogen and oxygen atoms in total. The number of nitrogens with zero attached hydrogens (tertiary/aromatic N) is 1. The van der Waals surface area contributed by atoms with Gasteiger partial charge in [-0.25, -0.2) is 4.79 Å². The molecule has 4 rings (SSSR count). The smallest absolute Gasteiger partial charge is 0.347 e. The molecule has 1 aromatic rings. The van der Waals surface area contributed by atoms with Crippen LogP contribution in [0.1, 0.15) is 72.0 Å². The summed E-state index contributed by atoms with van der Waals surface area (Å²) >= 11 is 0. The second-order valence-corrected chi connectivity index (χ2v) is 12.7. The molecule has 230 valence electrons. The third-order valence-electron chi connectivity index (χ3n) is 8.15. The van der Waals surface area contributed by atoms with Crippen molar-refractivity contribution >= 4 is 23.8 Å². The number of ether oxygens (including phenoxy) is 3. The van der Waals surface area contributed by atoms with Gasteiger partial charge in [-0.05, 0) is 50.7 Å². The Morgan fingerprint density at radius 1 is 1.00 bits per heavy atom. The number of hydrogen-bond acceptors (Lipinski definition) is 8. The first-order chi connectivity index (χ1) is 20.0. The Morgan fingerprint density at radius 3 is 2.36 bits per heavy atom. The van der Waals surface area contributed by atoms with Gasteiger partial charge in [0.2, 0.25) is 5.91 Å². The second kappa shape index (κ2) is 13.8. The zero-order valence-electron chi connectivity index (χ0n) is 25.3. The van der Waals surface area contributed by atoms with Gasteiger partial charge >= 0.3 is 11.9 Å². The molecule has 0 saturated carbocycles. The van der Waals surface area contributed by atoms with Crippen molar-refractivity contribution in [2.45, 2.75) is 90.9 Å². The maximum atomic E-state index is 13.5. The number of hydrogen-bond donors (Lipinski definition) is 2. The van der Waals surface area contributed by atoms with E-state index in [1.807, 2.05) is 56.0 Å². The number of cyclic esters (lactones) is 2. The molecule has 3 aliphatic heterocycles. The molecule has 2 N–H and O–H groups in total. The van der Waals surface area contributed by atoms with Crippen LogP contribution >= 0.6 is 0 Å². The van der Waals surface area contributed by atoms with Crippen LogP contribution in [-0.2, 0) is 33.4 Å². The van der Waals surface area contributed by atoms with E-state index in [-0.39, 0.29) is 43.4 Å². The van der Waals surface area contributed by atoms with E-state index in [1.54, 1.807) is 19.9 Å². The van der Waals surface area contributed by atoms with Crippen LogP contribution in [-0.4, -0.2) is 72.8 Å². The highest BCUT2D eigenvalue weighted by atomic mass is 16.6. The molecule has 0 aromatic heterocycles. The Morgan fingerprint density at radius 2 is 1.69 bits per heavy atom. The number of benzene rings is 1. The Labute approximate surface area is 248 Å². The van der Waals surface area contributed by atoms with Gasteiger partial charge in [-0.3, -0.25) is 19.3 Å². The summed E-state index contributed by atoms with van der Waals surface area (Å²) in [4.78, 5) is 54.9. The maximum Gasteiger partial charge on any atom is 0.347 e. The lowest BCUT2D eigenvalue weighted by atomic mass is 9.93. The van der Waals surface area contributed by atoms with Gasteiger partial charge in [-0.2, -0.15) is 0 Å². The maximum absolute atomic E-state index is 13.5. The van der Waals surface area contributed by atoms with E-state index in [4.69, 9.17) is 14.2 Å². The van der Waals surface area contributed by atoms with Crippen molar-refractivity contribution in [3.05, 3.63) is 48.0 Å². The van der Waals surface area contributed by atoms with Crippen LogP contribution in [0.25, 0.3) is 0 Å². The van der Waals surface area contributed by atoms with Gasteiger partial charge < -0.3 is 24.8 Å². The van der Waals surface area contributed by atoms with E-state index < -0.39 is 47.5 Å². The average Bonchev–Trinajstić information content (AvgIpc) is 3.57. The molecule has 42 heavy (non-hydrogen) atoms. The van der Waals surface area contributed by atoms with Crippen LogP contribution in [0.4, 0.5) is 0 Å². The first-order valence-electron chi connectivity index (χ1n) is 15.1. The first-order valence-corrected chi connectivity index (χ1v) is 15.1. The largest absolute Gasteiger partial charge is 0.459 e. The summed E-state index contributed by atoms with van der Waals surface area (Å²) in [7, 11) is 0. The summed E-state index contributed by atoms with van der Waals surface area (Å²) in [5.74, 6) is -2.22. The van der Waals surface area contributed by atoms with Crippen molar-refractivity contribution in [2.24, 2.45) is 17.3 Å². The predicted octanol–water partition coefficient (Wildman–Crippen LogP) is 3.27. The molecule has 3 heterocycles. The molecule has 0 radical (unpaired) electrons. The highest BCUT2D eigenvalue weighted by Crippen LogP contribution is 2.45. The molecule has 1 aromatic carbocycles. The summed E-state index contributed by atoms with van der Waals surface area (Å²) in [5, 5.41) is 5.62. The van der Waals surface area contributed by atoms with E-state index in [1.165, 1.54) is 6.08 Å². The molecule has 3 aliphatic rings. The molecule has 2 fully saturated rings. The average molecular weight is 584 g/mol. The van der Waals surface area contributed by atoms with Gasteiger partial charge in [0, 0.05) is 32.0 Å². The summed E-state index contributed by atoms with van der Waals surface area (Å²) in [6, 6.07) is 9.85. The molecule has 10 heteroatoms. The minimum absolute atomic E-state index is 0.0241. The predicted molar refractivity (Wildman–Crippen MR) is 156 cm³/mol. The summed E-state index contributed by atoms with van der Waals surface area (Å²) in [5.41, 5.74) is -0.0806. The lowest BCUT2D eigenvalue weighted by Gasteiger charge is -2.31. The first kappa shape index (κ1) is 31.7. The van der Waals surface area contributed by atoms with Crippen LogP contribution in [0.15, 0.2) is 42.5 Å². The van der Waals surface area contributed by atoms with Crippen molar-refractivity contribution in [2.75, 3.05) is 19.6 Å². The van der Waals surface area contributed by atoms with E-state index in [2.05, 4.69) is 10.6 Å². The molecule has 1 unspecified atom stereocenters. The zero-order chi connectivity index (χ0) is 30.4. The van der Waals surface area contributed by atoms with E-state index in [0.717, 1.165) is 18.4 Å². The van der Waals surface area contributed by atoms with Crippen LogP contribution in [0.2, 0.25) is 0 Å². The van der Waals surface area contributed by atoms with Gasteiger partial charge in [0.05, 0.1) is 11.5 Å². The lowest BCUT2D eigenvalue weighted by Crippen LogP contribution is -2.57. The van der Waals surface area contributed by atoms with Crippen molar-refractivity contribution in [3.8, 4) is 0 Å². The fraction of sp³-hybridized carbons (Fsp3) is 0.625. The molecule has 2 amide bonds. The minimum Gasteiger partial charge on any atom is -0.459 e. The number of carbonyl (C=O) groups excluding carboxylic acids is 4. The Bertz CT molecular complexity index is 1150. The molecular weight excluding hydrogens is 538 g/mol. The number of rotatable bonds is 6. The van der Waals surface area contributed by atoms with Gasteiger partial charge in [-0.1, -0.05) is 57.2 Å². The standard InChI is InChI=1S/C32H45N3O7/c1-20(2)18-24-30(38)40-23(21(3)26-27(42-26)22-12-7-6-8-13-22)14-11-15-25(36)34-28(35-16-9-10-17-35)29(37)33-19-32(4,5)31(39)41-24/h6-8,11-13,15,20-21,23-24,26-28H,9-10,14,16-19H2,1-5H3,(H,33,37)(H,34,36)/b15-11+/t21-,23-,24?,26+,27+,28+/m0/s1. The molecule has 6 atom stereocenters. The molecular formula is C32H45N3O7. The topological polar surface area (TPSA) is 127 Å². The summed E-state index contributed by atoms with van der Waals surface area (Å²) in [6.45, 7) is 10.5. The number of likely N-dealkylation sites (tertiary alicyclic amines) is 1. The fourth-order valence-corrected chi connectivity index (χ4v) is 5.44. The van der Waals surface area contributed by atoms with Gasteiger partial charge in [0.15, 0.2) is 12.3 Å². The third-order valence-corrected chi connectivity index (χ3v) is 8.15. The Kier molecular flexibility index (Phi) is 10.4. The number of esters is 2. The number of carbonyl (C=O) groups is 4. The van der Waals surface area contributed by atoms with Crippen molar-refractivity contribution in [1.82, 2.24) is 15.5 Å². The number of nitrogens with one attached hydrogen (secondary N) is 2.